The van der Waals surface area contributed by atoms with Crippen LogP contribution in [0.5, 0.6) is 0 Å². The Labute approximate surface area is 93.2 Å². The van der Waals surface area contributed by atoms with Crippen LogP contribution in [0, 0.1) is 5.92 Å². The standard InChI is InChI=1S/C9H13N3O2S/c1-14-9(13)8-4-12(11-10-8)7-2-6(3-7)5-15/h4,6-7,15H,2-3,5H2,1H3. The second kappa shape index (κ2) is 4.22. The highest BCUT2D eigenvalue weighted by Gasteiger charge is 2.30. The van der Waals surface area contributed by atoms with Gasteiger partial charge in [0.2, 0.25) is 0 Å². The van der Waals surface area contributed by atoms with E-state index in [1.165, 1.54) is 7.11 Å². The molecule has 0 aliphatic heterocycles. The summed E-state index contributed by atoms with van der Waals surface area (Å²) in [6.07, 6.45) is 3.77. The zero-order valence-corrected chi connectivity index (χ0v) is 9.35. The number of hydrogen-bond acceptors (Lipinski definition) is 5. The minimum absolute atomic E-state index is 0.270. The molecule has 1 aliphatic carbocycles. The maximum Gasteiger partial charge on any atom is 0.360 e. The Kier molecular flexibility index (Phi) is 2.95. The molecule has 15 heavy (non-hydrogen) atoms. The van der Waals surface area contributed by atoms with Crippen molar-refractivity contribution in [1.82, 2.24) is 15.0 Å². The fourth-order valence-corrected chi connectivity index (χ4v) is 2.02. The van der Waals surface area contributed by atoms with Gasteiger partial charge in [-0.3, -0.25) is 0 Å². The number of ether oxygens (including phenoxy) is 1. The fourth-order valence-electron chi connectivity index (χ4n) is 1.72. The Morgan fingerprint density at radius 1 is 1.73 bits per heavy atom. The molecule has 0 atom stereocenters. The highest BCUT2D eigenvalue weighted by molar-refractivity contribution is 7.80. The van der Waals surface area contributed by atoms with E-state index in [4.69, 9.17) is 0 Å². The van der Waals surface area contributed by atoms with Gasteiger partial charge in [0, 0.05) is 0 Å². The van der Waals surface area contributed by atoms with Gasteiger partial charge in [-0.05, 0) is 24.5 Å². The maximum atomic E-state index is 11.1. The molecule has 82 valence electrons. The van der Waals surface area contributed by atoms with Crippen LogP contribution >= 0.6 is 12.6 Å². The fraction of sp³-hybridized carbons (Fsp3) is 0.667. The topological polar surface area (TPSA) is 57.0 Å². The molecule has 0 N–H and O–H groups in total. The van der Waals surface area contributed by atoms with Gasteiger partial charge in [0.1, 0.15) is 0 Å². The summed E-state index contributed by atoms with van der Waals surface area (Å²) in [5.74, 6) is 1.14. The van der Waals surface area contributed by atoms with Crippen molar-refractivity contribution in [2.45, 2.75) is 18.9 Å². The molecule has 1 aliphatic rings. The Hall–Kier alpha value is -1.04. The lowest BCUT2D eigenvalue weighted by Gasteiger charge is -2.33. The van der Waals surface area contributed by atoms with E-state index in [1.807, 2.05) is 0 Å². The molecule has 0 amide bonds. The molecule has 5 nitrogen and oxygen atoms in total. The predicted molar refractivity (Wildman–Crippen MR) is 57.0 cm³/mol. The Morgan fingerprint density at radius 2 is 2.47 bits per heavy atom. The number of esters is 1. The number of aromatic nitrogens is 3. The first-order valence-electron chi connectivity index (χ1n) is 4.85. The average molecular weight is 227 g/mol. The number of hydrogen-bond donors (Lipinski definition) is 1. The van der Waals surface area contributed by atoms with Crippen molar-refractivity contribution < 1.29 is 9.53 Å². The smallest absolute Gasteiger partial charge is 0.360 e. The summed E-state index contributed by atoms with van der Waals surface area (Å²) in [7, 11) is 1.33. The summed E-state index contributed by atoms with van der Waals surface area (Å²) < 4.78 is 6.30. The van der Waals surface area contributed by atoms with Crippen molar-refractivity contribution in [3.63, 3.8) is 0 Å². The van der Waals surface area contributed by atoms with Crippen LogP contribution in [-0.4, -0.2) is 33.8 Å². The van der Waals surface area contributed by atoms with E-state index >= 15 is 0 Å². The van der Waals surface area contributed by atoms with Gasteiger partial charge < -0.3 is 4.74 Å². The summed E-state index contributed by atoms with van der Waals surface area (Å²) in [4.78, 5) is 11.1. The van der Waals surface area contributed by atoms with Crippen LogP contribution in [0.4, 0.5) is 0 Å². The molecular formula is C9H13N3O2S. The summed E-state index contributed by atoms with van der Waals surface area (Å²) >= 11 is 4.23. The quantitative estimate of drug-likeness (QED) is 0.617. The summed E-state index contributed by atoms with van der Waals surface area (Å²) in [6.45, 7) is 0. The number of thiol groups is 1. The van der Waals surface area contributed by atoms with E-state index in [0.717, 1.165) is 18.6 Å². The zero-order chi connectivity index (χ0) is 10.8. The first kappa shape index (κ1) is 10.5. The van der Waals surface area contributed by atoms with Gasteiger partial charge in [-0.15, -0.1) is 5.10 Å². The monoisotopic (exact) mass is 227 g/mol. The number of rotatable bonds is 3. The van der Waals surface area contributed by atoms with E-state index < -0.39 is 5.97 Å². The van der Waals surface area contributed by atoms with Crippen molar-refractivity contribution in [2.75, 3.05) is 12.9 Å². The zero-order valence-electron chi connectivity index (χ0n) is 8.46. The van der Waals surface area contributed by atoms with Gasteiger partial charge in [-0.25, -0.2) is 9.48 Å². The van der Waals surface area contributed by atoms with Crippen molar-refractivity contribution in [3.05, 3.63) is 11.9 Å². The van der Waals surface area contributed by atoms with Crippen LogP contribution in [0.1, 0.15) is 29.4 Å². The van der Waals surface area contributed by atoms with Crippen LogP contribution in [0.15, 0.2) is 6.20 Å². The van der Waals surface area contributed by atoms with E-state index in [0.29, 0.717) is 12.0 Å². The lowest BCUT2D eigenvalue weighted by atomic mass is 9.82. The minimum atomic E-state index is -0.439. The van der Waals surface area contributed by atoms with Crippen molar-refractivity contribution >= 4 is 18.6 Å². The van der Waals surface area contributed by atoms with Crippen LogP contribution in [0.3, 0.4) is 0 Å². The molecule has 1 aromatic rings. The number of carbonyl (C=O) groups is 1. The van der Waals surface area contributed by atoms with E-state index in [9.17, 15) is 4.79 Å². The van der Waals surface area contributed by atoms with Gasteiger partial charge in [0.05, 0.1) is 19.3 Å². The molecule has 1 saturated carbocycles. The molecule has 1 heterocycles. The lowest BCUT2D eigenvalue weighted by molar-refractivity contribution is 0.0594. The van der Waals surface area contributed by atoms with E-state index in [1.54, 1.807) is 10.9 Å². The maximum absolute atomic E-state index is 11.1. The first-order chi connectivity index (χ1) is 7.24. The second-order valence-corrected chi connectivity index (χ2v) is 4.11. The van der Waals surface area contributed by atoms with Gasteiger partial charge >= 0.3 is 5.97 Å². The summed E-state index contributed by atoms with van der Waals surface area (Å²) in [5, 5.41) is 7.68. The summed E-state index contributed by atoms with van der Waals surface area (Å²) in [5.41, 5.74) is 0.270. The molecule has 0 unspecified atom stereocenters. The molecule has 0 bridgehead atoms. The Balaban J connectivity index is 1.99. The number of methoxy groups -OCH3 is 1. The third kappa shape index (κ3) is 1.99. The number of nitrogens with zero attached hydrogens (tertiary/aromatic N) is 3. The van der Waals surface area contributed by atoms with Crippen LogP contribution in [0.2, 0.25) is 0 Å². The molecule has 0 spiro atoms. The predicted octanol–water partition coefficient (Wildman–Crippen LogP) is 0.946. The average Bonchev–Trinajstić information content (AvgIpc) is 2.64. The second-order valence-electron chi connectivity index (χ2n) is 3.75. The van der Waals surface area contributed by atoms with Crippen LogP contribution in [0.25, 0.3) is 0 Å². The third-order valence-corrected chi connectivity index (χ3v) is 3.26. The Bertz CT molecular complexity index is 360. The largest absolute Gasteiger partial charge is 0.464 e. The molecule has 2 rings (SSSR count). The highest BCUT2D eigenvalue weighted by atomic mass is 32.1. The number of carbonyl (C=O) groups excluding carboxylic acids is 1. The minimum Gasteiger partial charge on any atom is -0.464 e. The highest BCUT2D eigenvalue weighted by Crippen LogP contribution is 2.37. The summed E-state index contributed by atoms with van der Waals surface area (Å²) in [6, 6.07) is 0.369. The molecule has 0 saturated heterocycles. The van der Waals surface area contributed by atoms with E-state index in [2.05, 4.69) is 27.7 Å². The van der Waals surface area contributed by atoms with Crippen molar-refractivity contribution in [1.29, 1.82) is 0 Å². The van der Waals surface area contributed by atoms with Gasteiger partial charge in [-0.2, -0.15) is 12.6 Å². The van der Waals surface area contributed by atoms with Crippen molar-refractivity contribution in [2.24, 2.45) is 5.92 Å². The lowest BCUT2D eigenvalue weighted by Crippen LogP contribution is -2.28. The van der Waals surface area contributed by atoms with Crippen LogP contribution < -0.4 is 0 Å². The van der Waals surface area contributed by atoms with Crippen molar-refractivity contribution in [3.8, 4) is 0 Å². The third-order valence-electron chi connectivity index (χ3n) is 2.75. The Morgan fingerprint density at radius 3 is 3.07 bits per heavy atom. The van der Waals surface area contributed by atoms with Gasteiger partial charge in [-0.1, -0.05) is 5.21 Å². The van der Waals surface area contributed by atoms with E-state index in [-0.39, 0.29) is 5.69 Å². The first-order valence-corrected chi connectivity index (χ1v) is 5.49. The molecule has 0 radical (unpaired) electrons. The molecule has 6 heteroatoms. The van der Waals surface area contributed by atoms with Crippen LogP contribution in [-0.2, 0) is 4.74 Å². The van der Waals surface area contributed by atoms with Gasteiger partial charge in [0.15, 0.2) is 5.69 Å². The molecule has 1 aromatic heterocycles. The molecule has 1 fully saturated rings. The SMILES string of the molecule is COC(=O)c1cn(C2CC(CS)C2)nn1. The van der Waals surface area contributed by atoms with Gasteiger partial charge in [0.25, 0.3) is 0 Å². The molecular weight excluding hydrogens is 214 g/mol. The molecule has 0 aromatic carbocycles. The normalized spacial score (nSPS) is 24.7.